The van der Waals surface area contributed by atoms with Crippen molar-refractivity contribution in [3.63, 3.8) is 0 Å². The number of alkyl carbamates (subject to hydrolysis) is 1. The molecule has 0 saturated heterocycles. The van der Waals surface area contributed by atoms with Gasteiger partial charge in [0.25, 0.3) is 0 Å². The standard InChI is InChI=1S/C17H23F3N2O4/c1-16(2,3)26-15(24)21-13(10-14(23)22(4)25-5)11-7-6-8-12(9-11)17(18,19)20/h6-9,13H,10H2,1-5H3,(H,21,24). The van der Waals surface area contributed by atoms with Crippen LogP contribution in [0.4, 0.5) is 18.0 Å². The maximum absolute atomic E-state index is 13.0. The van der Waals surface area contributed by atoms with Gasteiger partial charge in [-0.2, -0.15) is 13.2 Å². The zero-order valence-electron chi connectivity index (χ0n) is 15.3. The van der Waals surface area contributed by atoms with E-state index < -0.39 is 35.4 Å². The van der Waals surface area contributed by atoms with Crippen LogP contribution in [0.25, 0.3) is 0 Å². The second-order valence-corrected chi connectivity index (χ2v) is 6.60. The lowest BCUT2D eigenvalue weighted by molar-refractivity contribution is -0.169. The van der Waals surface area contributed by atoms with Crippen molar-refractivity contribution in [2.75, 3.05) is 14.2 Å². The third kappa shape index (κ3) is 6.91. The summed E-state index contributed by atoms with van der Waals surface area (Å²) in [6.07, 6.45) is -5.68. The van der Waals surface area contributed by atoms with E-state index in [1.807, 2.05) is 0 Å². The monoisotopic (exact) mass is 376 g/mol. The molecule has 1 aromatic carbocycles. The maximum atomic E-state index is 13.0. The first-order chi connectivity index (χ1) is 11.8. The zero-order chi connectivity index (χ0) is 20.1. The van der Waals surface area contributed by atoms with Gasteiger partial charge in [0.2, 0.25) is 5.91 Å². The molecule has 0 spiro atoms. The van der Waals surface area contributed by atoms with Crippen molar-refractivity contribution in [1.29, 1.82) is 0 Å². The predicted molar refractivity (Wildman–Crippen MR) is 88.0 cm³/mol. The number of benzene rings is 1. The molecule has 0 radical (unpaired) electrons. The maximum Gasteiger partial charge on any atom is 0.416 e. The van der Waals surface area contributed by atoms with Crippen molar-refractivity contribution in [3.8, 4) is 0 Å². The van der Waals surface area contributed by atoms with E-state index in [2.05, 4.69) is 5.32 Å². The van der Waals surface area contributed by atoms with Crippen molar-refractivity contribution in [2.45, 2.75) is 45.0 Å². The van der Waals surface area contributed by atoms with Gasteiger partial charge >= 0.3 is 12.3 Å². The van der Waals surface area contributed by atoms with Crippen LogP contribution < -0.4 is 5.32 Å². The molecule has 6 nitrogen and oxygen atoms in total. The second-order valence-electron chi connectivity index (χ2n) is 6.60. The molecule has 0 heterocycles. The summed E-state index contributed by atoms with van der Waals surface area (Å²) in [5.41, 5.74) is -1.54. The van der Waals surface area contributed by atoms with Crippen molar-refractivity contribution < 1.29 is 32.3 Å². The number of hydrogen-bond acceptors (Lipinski definition) is 4. The summed E-state index contributed by atoms with van der Waals surface area (Å²) in [5, 5.41) is 3.37. The number of amides is 2. The topological polar surface area (TPSA) is 67.9 Å². The van der Waals surface area contributed by atoms with Crippen LogP contribution in [0.3, 0.4) is 0 Å². The van der Waals surface area contributed by atoms with E-state index in [0.717, 1.165) is 17.2 Å². The largest absolute Gasteiger partial charge is 0.444 e. The molecule has 1 rings (SSSR count). The smallest absolute Gasteiger partial charge is 0.416 e. The summed E-state index contributed by atoms with van der Waals surface area (Å²) in [6, 6.07) is 3.40. The van der Waals surface area contributed by atoms with Crippen molar-refractivity contribution in [3.05, 3.63) is 35.4 Å². The SMILES string of the molecule is CON(C)C(=O)CC(NC(=O)OC(C)(C)C)c1cccc(C(F)(F)F)c1. The Labute approximate surface area is 150 Å². The predicted octanol–water partition coefficient (Wildman–Crippen LogP) is 3.68. The highest BCUT2D eigenvalue weighted by molar-refractivity contribution is 5.77. The molecule has 2 amide bonds. The van der Waals surface area contributed by atoms with Gasteiger partial charge in [0.15, 0.2) is 0 Å². The Morgan fingerprint density at radius 1 is 1.23 bits per heavy atom. The summed E-state index contributed by atoms with van der Waals surface area (Å²) in [5.74, 6) is -0.522. The molecule has 0 saturated carbocycles. The van der Waals surface area contributed by atoms with E-state index in [0.29, 0.717) is 0 Å². The first-order valence-electron chi connectivity index (χ1n) is 7.81. The number of carbonyl (C=O) groups excluding carboxylic acids is 2. The minimum absolute atomic E-state index is 0.128. The Morgan fingerprint density at radius 3 is 2.35 bits per heavy atom. The minimum atomic E-state index is -4.54. The molecule has 1 atom stereocenters. The molecule has 1 N–H and O–H groups in total. The van der Waals surface area contributed by atoms with Gasteiger partial charge in [0, 0.05) is 7.05 Å². The number of alkyl halides is 3. The molecule has 0 aliphatic rings. The summed E-state index contributed by atoms with van der Waals surface area (Å²) in [6.45, 7) is 4.95. The Balaban J connectivity index is 3.11. The van der Waals surface area contributed by atoms with E-state index in [-0.39, 0.29) is 12.0 Å². The minimum Gasteiger partial charge on any atom is -0.444 e. The number of nitrogens with zero attached hydrogens (tertiary/aromatic N) is 1. The number of ether oxygens (including phenoxy) is 1. The molecule has 1 aromatic rings. The summed E-state index contributed by atoms with van der Waals surface area (Å²) < 4.78 is 44.0. The highest BCUT2D eigenvalue weighted by Gasteiger charge is 2.32. The van der Waals surface area contributed by atoms with E-state index in [9.17, 15) is 22.8 Å². The van der Waals surface area contributed by atoms with Crippen LogP contribution in [0.2, 0.25) is 0 Å². The summed E-state index contributed by atoms with van der Waals surface area (Å²) >= 11 is 0. The van der Waals surface area contributed by atoms with Gasteiger partial charge in [-0.15, -0.1) is 0 Å². The second kappa shape index (κ2) is 8.39. The normalized spacial score (nSPS) is 13.1. The lowest BCUT2D eigenvalue weighted by atomic mass is 10.0. The number of hydrogen-bond donors (Lipinski definition) is 1. The van der Waals surface area contributed by atoms with Crippen molar-refractivity contribution in [1.82, 2.24) is 10.4 Å². The Kier molecular flexibility index (Phi) is 7.02. The fraction of sp³-hybridized carbons (Fsp3) is 0.529. The molecular formula is C17H23F3N2O4. The highest BCUT2D eigenvalue weighted by Crippen LogP contribution is 2.31. The molecule has 9 heteroatoms. The number of halogens is 3. The fourth-order valence-electron chi connectivity index (χ4n) is 2.04. The van der Waals surface area contributed by atoms with E-state index in [1.54, 1.807) is 20.8 Å². The Morgan fingerprint density at radius 2 is 1.85 bits per heavy atom. The van der Waals surface area contributed by atoms with Crippen LogP contribution in [0.1, 0.15) is 44.4 Å². The van der Waals surface area contributed by atoms with Crippen molar-refractivity contribution >= 4 is 12.0 Å². The number of carbonyl (C=O) groups is 2. The molecular weight excluding hydrogens is 353 g/mol. The average molecular weight is 376 g/mol. The molecule has 0 aliphatic heterocycles. The number of hydroxylamine groups is 2. The van der Waals surface area contributed by atoms with E-state index in [1.165, 1.54) is 26.3 Å². The third-order valence-electron chi connectivity index (χ3n) is 3.31. The van der Waals surface area contributed by atoms with Crippen LogP contribution in [-0.4, -0.2) is 36.8 Å². The molecule has 26 heavy (non-hydrogen) atoms. The highest BCUT2D eigenvalue weighted by atomic mass is 19.4. The van der Waals surface area contributed by atoms with Crippen molar-refractivity contribution in [2.24, 2.45) is 0 Å². The van der Waals surface area contributed by atoms with E-state index in [4.69, 9.17) is 9.57 Å². The van der Waals surface area contributed by atoms with Gasteiger partial charge in [0.1, 0.15) is 5.60 Å². The zero-order valence-corrected chi connectivity index (χ0v) is 15.3. The molecule has 0 bridgehead atoms. The Hall–Kier alpha value is -2.29. The van der Waals surface area contributed by atoms with Gasteiger partial charge in [-0.25, -0.2) is 9.86 Å². The van der Waals surface area contributed by atoms with Crippen LogP contribution >= 0.6 is 0 Å². The summed E-state index contributed by atoms with van der Waals surface area (Å²) in [4.78, 5) is 28.9. The first kappa shape index (κ1) is 21.8. The Bertz CT molecular complexity index is 642. The van der Waals surface area contributed by atoms with Gasteiger partial charge in [-0.3, -0.25) is 9.63 Å². The first-order valence-corrected chi connectivity index (χ1v) is 7.81. The molecule has 0 aliphatic carbocycles. The van der Waals surface area contributed by atoms with Gasteiger partial charge in [0.05, 0.1) is 25.1 Å². The van der Waals surface area contributed by atoms with Gasteiger partial charge in [-0.05, 0) is 38.5 Å². The lowest BCUT2D eigenvalue weighted by Gasteiger charge is -2.25. The van der Waals surface area contributed by atoms with Crippen LogP contribution in [0.15, 0.2) is 24.3 Å². The molecule has 146 valence electrons. The molecule has 0 fully saturated rings. The quantitative estimate of drug-likeness (QED) is 0.796. The van der Waals surface area contributed by atoms with Crippen LogP contribution in [0.5, 0.6) is 0 Å². The summed E-state index contributed by atoms with van der Waals surface area (Å²) in [7, 11) is 2.64. The average Bonchev–Trinajstić information content (AvgIpc) is 2.50. The van der Waals surface area contributed by atoms with Crippen LogP contribution in [0, 0.1) is 0 Å². The molecule has 0 aromatic heterocycles. The fourth-order valence-corrected chi connectivity index (χ4v) is 2.04. The number of rotatable bonds is 5. The van der Waals surface area contributed by atoms with E-state index >= 15 is 0 Å². The molecule has 1 unspecified atom stereocenters. The number of nitrogens with one attached hydrogen (secondary N) is 1. The van der Waals surface area contributed by atoms with Gasteiger partial charge in [-0.1, -0.05) is 12.1 Å². The lowest BCUT2D eigenvalue weighted by Crippen LogP contribution is -2.37. The third-order valence-corrected chi connectivity index (χ3v) is 3.31. The van der Waals surface area contributed by atoms with Gasteiger partial charge < -0.3 is 10.1 Å². The van der Waals surface area contributed by atoms with Crippen LogP contribution in [-0.2, 0) is 20.5 Å².